The van der Waals surface area contributed by atoms with Gasteiger partial charge < -0.3 is 16.0 Å². The molecule has 0 unspecified atom stereocenters. The third-order valence-corrected chi connectivity index (χ3v) is 4.02. The molecule has 0 atom stereocenters. The molecular formula is C17H27N3O. The van der Waals surface area contributed by atoms with E-state index >= 15 is 0 Å². The van der Waals surface area contributed by atoms with Gasteiger partial charge in [0.05, 0.1) is 0 Å². The summed E-state index contributed by atoms with van der Waals surface area (Å²) in [5.74, 6) is 0. The predicted molar refractivity (Wildman–Crippen MR) is 87.7 cm³/mol. The van der Waals surface area contributed by atoms with Crippen LogP contribution in [0.25, 0.3) is 0 Å². The first-order chi connectivity index (χ1) is 10.2. The summed E-state index contributed by atoms with van der Waals surface area (Å²) in [5.41, 5.74) is 2.00. The molecule has 0 heterocycles. The van der Waals surface area contributed by atoms with Crippen molar-refractivity contribution >= 4 is 11.7 Å². The van der Waals surface area contributed by atoms with Crippen molar-refractivity contribution in [1.82, 2.24) is 10.6 Å². The normalized spacial score (nSPS) is 21.8. The molecular weight excluding hydrogens is 262 g/mol. The van der Waals surface area contributed by atoms with Crippen LogP contribution >= 0.6 is 0 Å². The monoisotopic (exact) mass is 289 g/mol. The summed E-state index contributed by atoms with van der Waals surface area (Å²) in [6.45, 7) is 5.31. The van der Waals surface area contributed by atoms with Crippen LogP contribution < -0.4 is 16.0 Å². The van der Waals surface area contributed by atoms with Crippen molar-refractivity contribution in [1.29, 1.82) is 0 Å². The van der Waals surface area contributed by atoms with E-state index < -0.39 is 0 Å². The van der Waals surface area contributed by atoms with Crippen molar-refractivity contribution in [3.05, 3.63) is 29.8 Å². The van der Waals surface area contributed by atoms with Gasteiger partial charge in [-0.05, 0) is 63.3 Å². The zero-order valence-corrected chi connectivity index (χ0v) is 13.1. The van der Waals surface area contributed by atoms with Gasteiger partial charge in [0, 0.05) is 17.8 Å². The summed E-state index contributed by atoms with van der Waals surface area (Å²) >= 11 is 0. The van der Waals surface area contributed by atoms with Crippen molar-refractivity contribution in [2.45, 2.75) is 58.0 Å². The Morgan fingerprint density at radius 3 is 2.57 bits per heavy atom. The minimum absolute atomic E-state index is 0.0921. The standard InChI is InChI=1S/C17H27N3O/c1-3-11-18-14-7-9-15(10-8-14)19-17(21)20-16-6-4-5-13(2)12-16/h4-6,12,14-15,18H,3,7-11H2,1-2H3,(H2,19,20,21). The fraction of sp³-hybridized carbons (Fsp3) is 0.588. The van der Waals surface area contributed by atoms with Crippen LogP contribution in [0.2, 0.25) is 0 Å². The highest BCUT2D eigenvalue weighted by atomic mass is 16.2. The Kier molecular flexibility index (Phi) is 6.05. The van der Waals surface area contributed by atoms with E-state index in [9.17, 15) is 4.79 Å². The van der Waals surface area contributed by atoms with Crippen LogP contribution in [0.3, 0.4) is 0 Å². The van der Waals surface area contributed by atoms with Gasteiger partial charge >= 0.3 is 6.03 Å². The SMILES string of the molecule is CCCNC1CCC(NC(=O)Nc2cccc(C)c2)CC1. The molecule has 0 aliphatic heterocycles. The van der Waals surface area contributed by atoms with E-state index in [1.54, 1.807) is 0 Å². The molecule has 1 aliphatic carbocycles. The fourth-order valence-corrected chi connectivity index (χ4v) is 2.87. The zero-order chi connectivity index (χ0) is 15.1. The quantitative estimate of drug-likeness (QED) is 0.778. The number of hydrogen-bond acceptors (Lipinski definition) is 2. The maximum absolute atomic E-state index is 12.0. The molecule has 4 heteroatoms. The second-order valence-corrected chi connectivity index (χ2v) is 5.97. The average molecular weight is 289 g/mol. The van der Waals surface area contributed by atoms with Gasteiger partial charge in [-0.1, -0.05) is 19.1 Å². The van der Waals surface area contributed by atoms with E-state index in [1.807, 2.05) is 31.2 Å². The molecule has 116 valence electrons. The lowest BCUT2D eigenvalue weighted by molar-refractivity contribution is 0.240. The smallest absolute Gasteiger partial charge is 0.319 e. The lowest BCUT2D eigenvalue weighted by atomic mass is 9.91. The van der Waals surface area contributed by atoms with Gasteiger partial charge in [-0.25, -0.2) is 4.79 Å². The number of nitrogens with one attached hydrogen (secondary N) is 3. The number of carbonyl (C=O) groups excluding carboxylic acids is 1. The lowest BCUT2D eigenvalue weighted by Crippen LogP contribution is -2.43. The van der Waals surface area contributed by atoms with E-state index in [0.717, 1.165) is 43.5 Å². The second kappa shape index (κ2) is 8.03. The van der Waals surface area contributed by atoms with Gasteiger partial charge in [-0.3, -0.25) is 0 Å². The second-order valence-electron chi connectivity index (χ2n) is 5.97. The minimum Gasteiger partial charge on any atom is -0.335 e. The Morgan fingerprint density at radius 2 is 1.90 bits per heavy atom. The topological polar surface area (TPSA) is 53.2 Å². The molecule has 21 heavy (non-hydrogen) atoms. The third kappa shape index (κ3) is 5.38. The Hall–Kier alpha value is -1.55. The van der Waals surface area contributed by atoms with Crippen molar-refractivity contribution in [2.24, 2.45) is 0 Å². The number of hydrogen-bond donors (Lipinski definition) is 3. The number of aryl methyl sites for hydroxylation is 1. The van der Waals surface area contributed by atoms with E-state index in [1.165, 1.54) is 6.42 Å². The van der Waals surface area contributed by atoms with Crippen molar-refractivity contribution < 1.29 is 4.79 Å². The molecule has 4 nitrogen and oxygen atoms in total. The van der Waals surface area contributed by atoms with Crippen molar-refractivity contribution in [3.8, 4) is 0 Å². The number of amides is 2. The molecule has 1 aliphatic rings. The molecule has 0 aromatic heterocycles. The van der Waals surface area contributed by atoms with Gasteiger partial charge in [0.2, 0.25) is 0 Å². The van der Waals surface area contributed by atoms with Crippen LogP contribution in [0.15, 0.2) is 24.3 Å². The lowest BCUT2D eigenvalue weighted by Gasteiger charge is -2.29. The number of rotatable bonds is 5. The molecule has 2 rings (SSSR count). The Bertz CT molecular complexity index is 453. The van der Waals surface area contributed by atoms with Crippen LogP contribution in [-0.2, 0) is 0 Å². The Balaban J connectivity index is 1.72. The van der Waals surface area contributed by atoms with Crippen LogP contribution in [0, 0.1) is 6.92 Å². The third-order valence-electron chi connectivity index (χ3n) is 4.02. The summed E-state index contributed by atoms with van der Waals surface area (Å²) in [6, 6.07) is 8.70. The van der Waals surface area contributed by atoms with Crippen LogP contribution in [-0.4, -0.2) is 24.7 Å². The highest BCUT2D eigenvalue weighted by molar-refractivity contribution is 5.89. The van der Waals surface area contributed by atoms with E-state index in [-0.39, 0.29) is 6.03 Å². The van der Waals surface area contributed by atoms with Crippen molar-refractivity contribution in [2.75, 3.05) is 11.9 Å². The van der Waals surface area contributed by atoms with E-state index in [4.69, 9.17) is 0 Å². The first-order valence-electron chi connectivity index (χ1n) is 8.05. The molecule has 1 aromatic rings. The number of benzene rings is 1. The number of anilines is 1. The largest absolute Gasteiger partial charge is 0.335 e. The minimum atomic E-state index is -0.0921. The molecule has 0 radical (unpaired) electrons. The molecule has 3 N–H and O–H groups in total. The molecule has 0 saturated heterocycles. The summed E-state index contributed by atoms with van der Waals surface area (Å²) in [4.78, 5) is 12.0. The molecule has 0 spiro atoms. The molecule has 1 saturated carbocycles. The van der Waals surface area contributed by atoms with Gasteiger partial charge in [0.15, 0.2) is 0 Å². The molecule has 0 bridgehead atoms. The van der Waals surface area contributed by atoms with E-state index in [0.29, 0.717) is 12.1 Å². The first-order valence-corrected chi connectivity index (χ1v) is 8.05. The molecule has 1 aromatic carbocycles. The molecule has 1 fully saturated rings. The first kappa shape index (κ1) is 15.8. The van der Waals surface area contributed by atoms with E-state index in [2.05, 4.69) is 22.9 Å². The van der Waals surface area contributed by atoms with Gasteiger partial charge in [0.25, 0.3) is 0 Å². The highest BCUT2D eigenvalue weighted by Gasteiger charge is 2.21. The maximum Gasteiger partial charge on any atom is 0.319 e. The zero-order valence-electron chi connectivity index (χ0n) is 13.1. The van der Waals surface area contributed by atoms with Gasteiger partial charge in [0.1, 0.15) is 0 Å². The highest BCUT2D eigenvalue weighted by Crippen LogP contribution is 2.19. The summed E-state index contributed by atoms with van der Waals surface area (Å²) < 4.78 is 0. The van der Waals surface area contributed by atoms with Gasteiger partial charge in [-0.2, -0.15) is 0 Å². The van der Waals surface area contributed by atoms with Crippen molar-refractivity contribution in [3.63, 3.8) is 0 Å². The summed E-state index contributed by atoms with van der Waals surface area (Å²) in [7, 11) is 0. The average Bonchev–Trinajstić information content (AvgIpc) is 2.46. The van der Waals surface area contributed by atoms with Crippen LogP contribution in [0.4, 0.5) is 10.5 Å². The molecule has 2 amide bonds. The van der Waals surface area contributed by atoms with Gasteiger partial charge in [-0.15, -0.1) is 0 Å². The maximum atomic E-state index is 12.0. The predicted octanol–water partition coefficient (Wildman–Crippen LogP) is 3.43. The number of urea groups is 1. The summed E-state index contributed by atoms with van der Waals surface area (Å²) in [6.07, 6.45) is 5.59. The van der Waals surface area contributed by atoms with Crippen LogP contribution in [0.1, 0.15) is 44.6 Å². The van der Waals surface area contributed by atoms with Crippen LogP contribution in [0.5, 0.6) is 0 Å². The summed E-state index contributed by atoms with van der Waals surface area (Å²) in [5, 5.41) is 9.56. The number of carbonyl (C=O) groups is 1. The fourth-order valence-electron chi connectivity index (χ4n) is 2.87. The Labute approximate surface area is 127 Å². The Morgan fingerprint density at radius 1 is 1.19 bits per heavy atom.